The van der Waals surface area contributed by atoms with Crippen LogP contribution in [0.5, 0.6) is 0 Å². The highest BCUT2D eigenvalue weighted by atomic mass is 35.5. The van der Waals surface area contributed by atoms with Gasteiger partial charge in [0.2, 0.25) is 0 Å². The maximum absolute atomic E-state index is 12.4. The molecule has 0 bridgehead atoms. The average Bonchev–Trinajstić information content (AvgIpc) is 2.62. The van der Waals surface area contributed by atoms with Crippen LogP contribution < -0.4 is 4.90 Å². The molecule has 0 amide bonds. The van der Waals surface area contributed by atoms with Gasteiger partial charge in [0, 0.05) is 48.7 Å². The van der Waals surface area contributed by atoms with E-state index in [1.54, 1.807) is 12.1 Å². The number of piperazine rings is 1. The number of nitrogens with zero attached hydrogens (tertiary/aromatic N) is 2. The number of sulfone groups is 1. The monoisotopic (exact) mass is 392 g/mol. The summed E-state index contributed by atoms with van der Waals surface area (Å²) >= 11 is 6.05. The van der Waals surface area contributed by atoms with Gasteiger partial charge in [-0.05, 0) is 30.3 Å². The molecule has 0 spiro atoms. The van der Waals surface area contributed by atoms with Crippen molar-refractivity contribution in [2.75, 3.05) is 43.9 Å². The summed E-state index contributed by atoms with van der Waals surface area (Å²) in [5, 5.41) is 0.720. The van der Waals surface area contributed by atoms with Crippen molar-refractivity contribution in [1.82, 2.24) is 4.90 Å². The lowest BCUT2D eigenvalue weighted by Gasteiger charge is -2.35. The molecule has 1 fully saturated rings. The van der Waals surface area contributed by atoms with Gasteiger partial charge in [0.15, 0.2) is 15.6 Å². The maximum Gasteiger partial charge on any atom is 0.176 e. The number of Topliss-reactive ketones (excluding diaryl/α,β-unsaturated/α-hetero) is 1. The Bertz CT molecular complexity index is 889. The molecule has 0 aliphatic carbocycles. The summed E-state index contributed by atoms with van der Waals surface area (Å²) in [5.41, 5.74) is 1.63. The van der Waals surface area contributed by atoms with Gasteiger partial charge in [-0.15, -0.1) is 0 Å². The van der Waals surface area contributed by atoms with Crippen LogP contribution in [0.25, 0.3) is 0 Å². The van der Waals surface area contributed by atoms with Crippen molar-refractivity contribution in [3.8, 4) is 0 Å². The minimum atomic E-state index is -3.24. The van der Waals surface area contributed by atoms with E-state index in [4.69, 9.17) is 11.6 Å². The molecule has 0 N–H and O–H groups in total. The fourth-order valence-corrected chi connectivity index (χ4v) is 3.83. The molecule has 3 rings (SSSR count). The lowest BCUT2D eigenvalue weighted by atomic mass is 10.1. The molecule has 0 radical (unpaired) electrons. The number of ketones is 1. The van der Waals surface area contributed by atoms with E-state index in [-0.39, 0.29) is 10.7 Å². The fourth-order valence-electron chi connectivity index (χ4n) is 3.02. The van der Waals surface area contributed by atoms with E-state index in [2.05, 4.69) is 9.80 Å². The molecule has 0 unspecified atom stereocenters. The Morgan fingerprint density at radius 1 is 1.04 bits per heavy atom. The van der Waals surface area contributed by atoms with E-state index < -0.39 is 9.84 Å². The van der Waals surface area contributed by atoms with E-state index in [0.717, 1.165) is 43.1 Å². The Morgan fingerprint density at radius 3 is 2.27 bits per heavy atom. The van der Waals surface area contributed by atoms with Crippen LogP contribution in [-0.2, 0) is 9.84 Å². The number of benzene rings is 2. The summed E-state index contributed by atoms with van der Waals surface area (Å²) in [7, 11) is -3.24. The van der Waals surface area contributed by atoms with E-state index in [0.29, 0.717) is 12.1 Å². The highest BCUT2D eigenvalue weighted by molar-refractivity contribution is 7.90. The van der Waals surface area contributed by atoms with Crippen LogP contribution in [0.3, 0.4) is 0 Å². The Morgan fingerprint density at radius 2 is 1.69 bits per heavy atom. The molecule has 1 aliphatic heterocycles. The number of carbonyl (C=O) groups excluding carboxylic acids is 1. The molecule has 7 heteroatoms. The van der Waals surface area contributed by atoms with Gasteiger partial charge in [-0.1, -0.05) is 29.8 Å². The average molecular weight is 393 g/mol. The molecule has 0 aromatic heterocycles. The van der Waals surface area contributed by atoms with Crippen molar-refractivity contribution in [3.63, 3.8) is 0 Å². The van der Waals surface area contributed by atoms with Gasteiger partial charge in [0.25, 0.3) is 0 Å². The van der Waals surface area contributed by atoms with Gasteiger partial charge in [-0.2, -0.15) is 0 Å². The van der Waals surface area contributed by atoms with Crippen LogP contribution in [0.1, 0.15) is 10.4 Å². The van der Waals surface area contributed by atoms with Gasteiger partial charge in [-0.25, -0.2) is 8.42 Å². The SMILES string of the molecule is CS(=O)(=O)c1ccc(C(=O)CN2CCN(c3cccc(Cl)c3)CC2)cc1. The summed E-state index contributed by atoms with van der Waals surface area (Å²) < 4.78 is 23.0. The number of anilines is 1. The van der Waals surface area contributed by atoms with Crippen molar-refractivity contribution in [2.24, 2.45) is 0 Å². The summed E-state index contributed by atoms with van der Waals surface area (Å²) in [5.74, 6) is 0.00116. The van der Waals surface area contributed by atoms with Gasteiger partial charge in [0.05, 0.1) is 11.4 Å². The lowest BCUT2D eigenvalue weighted by Crippen LogP contribution is -2.48. The molecule has 0 saturated carbocycles. The molecule has 138 valence electrons. The summed E-state index contributed by atoms with van der Waals surface area (Å²) in [6, 6.07) is 13.9. The summed E-state index contributed by atoms with van der Waals surface area (Å²) in [6.07, 6.45) is 1.16. The van der Waals surface area contributed by atoms with Gasteiger partial charge in [0.1, 0.15) is 0 Å². The zero-order chi connectivity index (χ0) is 18.7. The second-order valence-electron chi connectivity index (χ2n) is 6.46. The molecule has 1 heterocycles. The number of rotatable bonds is 5. The van der Waals surface area contributed by atoms with Gasteiger partial charge >= 0.3 is 0 Å². The molecule has 1 saturated heterocycles. The summed E-state index contributed by atoms with van der Waals surface area (Å²) in [4.78, 5) is 17.1. The van der Waals surface area contributed by atoms with Crippen LogP contribution >= 0.6 is 11.6 Å². The molecular weight excluding hydrogens is 372 g/mol. The molecule has 1 aliphatic rings. The highest BCUT2D eigenvalue weighted by Crippen LogP contribution is 2.21. The van der Waals surface area contributed by atoms with Crippen LogP contribution in [0.15, 0.2) is 53.4 Å². The Balaban J connectivity index is 1.56. The van der Waals surface area contributed by atoms with Crippen molar-refractivity contribution in [2.45, 2.75) is 4.90 Å². The van der Waals surface area contributed by atoms with E-state index in [9.17, 15) is 13.2 Å². The van der Waals surface area contributed by atoms with Gasteiger partial charge in [-0.3, -0.25) is 9.69 Å². The van der Waals surface area contributed by atoms with E-state index >= 15 is 0 Å². The quantitative estimate of drug-likeness (QED) is 0.732. The van der Waals surface area contributed by atoms with E-state index in [1.807, 2.05) is 24.3 Å². The minimum Gasteiger partial charge on any atom is -0.369 e. The first kappa shape index (κ1) is 18.9. The Labute approximate surface area is 159 Å². The second-order valence-corrected chi connectivity index (χ2v) is 8.91. The second kappa shape index (κ2) is 7.78. The standard InChI is InChI=1S/C19H21ClN2O3S/c1-26(24,25)18-7-5-15(6-8-18)19(23)14-21-9-11-22(12-10-21)17-4-2-3-16(20)13-17/h2-8,13H,9-12,14H2,1H3. The van der Waals surface area contributed by atoms with Crippen LogP contribution in [0.2, 0.25) is 5.02 Å². The van der Waals surface area contributed by atoms with Crippen LogP contribution in [-0.4, -0.2) is 58.1 Å². The smallest absolute Gasteiger partial charge is 0.176 e. The Kier molecular flexibility index (Phi) is 5.65. The number of hydrogen-bond acceptors (Lipinski definition) is 5. The molecule has 2 aromatic rings. The van der Waals surface area contributed by atoms with Gasteiger partial charge < -0.3 is 4.90 Å². The fraction of sp³-hybridized carbons (Fsp3) is 0.316. The predicted molar refractivity (Wildman–Crippen MR) is 104 cm³/mol. The number of hydrogen-bond donors (Lipinski definition) is 0. The van der Waals surface area contributed by atoms with Crippen molar-refractivity contribution >= 4 is 32.9 Å². The maximum atomic E-state index is 12.4. The summed E-state index contributed by atoms with van der Waals surface area (Å²) in [6.45, 7) is 3.59. The van der Waals surface area contributed by atoms with Crippen LogP contribution in [0.4, 0.5) is 5.69 Å². The van der Waals surface area contributed by atoms with Crippen molar-refractivity contribution in [3.05, 3.63) is 59.1 Å². The third-order valence-corrected chi connectivity index (χ3v) is 5.88. The first-order valence-electron chi connectivity index (χ1n) is 8.39. The topological polar surface area (TPSA) is 57.7 Å². The molecule has 26 heavy (non-hydrogen) atoms. The van der Waals surface area contributed by atoms with E-state index in [1.165, 1.54) is 12.1 Å². The largest absolute Gasteiger partial charge is 0.369 e. The molecular formula is C19H21ClN2O3S. The first-order valence-corrected chi connectivity index (χ1v) is 10.7. The number of halogens is 1. The highest BCUT2D eigenvalue weighted by Gasteiger charge is 2.20. The third kappa shape index (κ3) is 4.63. The predicted octanol–water partition coefficient (Wildman–Crippen LogP) is 2.75. The molecule has 2 aromatic carbocycles. The molecule has 0 atom stereocenters. The first-order chi connectivity index (χ1) is 12.3. The van der Waals surface area contributed by atoms with Crippen molar-refractivity contribution < 1.29 is 13.2 Å². The lowest BCUT2D eigenvalue weighted by molar-refractivity contribution is 0.0926. The zero-order valence-corrected chi connectivity index (χ0v) is 16.1. The molecule has 5 nitrogen and oxygen atoms in total. The minimum absolute atomic E-state index is 0.00116. The zero-order valence-electron chi connectivity index (χ0n) is 14.6. The number of carbonyl (C=O) groups is 1. The third-order valence-electron chi connectivity index (χ3n) is 4.52. The Hall–Kier alpha value is -1.89. The van der Waals surface area contributed by atoms with Crippen molar-refractivity contribution in [1.29, 1.82) is 0 Å². The van der Waals surface area contributed by atoms with Crippen LogP contribution in [0, 0.1) is 0 Å². The normalized spacial score (nSPS) is 15.8.